The summed E-state index contributed by atoms with van der Waals surface area (Å²) in [5, 5.41) is 6.08. The van der Waals surface area contributed by atoms with Crippen molar-refractivity contribution >= 4 is 11.8 Å². The Morgan fingerprint density at radius 1 is 1.31 bits per heavy atom. The van der Waals surface area contributed by atoms with Gasteiger partial charge in [0.05, 0.1) is 24.3 Å². The van der Waals surface area contributed by atoms with Gasteiger partial charge in [0.15, 0.2) is 0 Å². The molecule has 1 aromatic carbocycles. The summed E-state index contributed by atoms with van der Waals surface area (Å²) in [7, 11) is 0. The average molecular weight is 396 g/mol. The Labute approximate surface area is 169 Å². The first-order chi connectivity index (χ1) is 14.0. The maximum Gasteiger partial charge on any atom is 0.234 e. The van der Waals surface area contributed by atoms with E-state index in [4.69, 9.17) is 0 Å². The van der Waals surface area contributed by atoms with Crippen LogP contribution in [0, 0.1) is 5.82 Å². The van der Waals surface area contributed by atoms with Gasteiger partial charge in [-0.2, -0.15) is 0 Å². The average Bonchev–Trinajstić information content (AvgIpc) is 3.04. The Morgan fingerprint density at radius 3 is 2.97 bits per heavy atom. The molecule has 2 aromatic rings. The van der Waals surface area contributed by atoms with Crippen LogP contribution in [0.15, 0.2) is 48.7 Å². The summed E-state index contributed by atoms with van der Waals surface area (Å²) >= 11 is 0. The summed E-state index contributed by atoms with van der Waals surface area (Å²) in [6.45, 7) is 1.79. The summed E-state index contributed by atoms with van der Waals surface area (Å²) in [5.74, 6) is -0.399. The molecule has 0 saturated carbocycles. The molecule has 0 unspecified atom stereocenters. The van der Waals surface area contributed by atoms with Gasteiger partial charge in [0.2, 0.25) is 11.8 Å². The third-order valence-corrected chi connectivity index (χ3v) is 5.84. The third kappa shape index (κ3) is 4.45. The first-order valence-electron chi connectivity index (χ1n) is 9.99. The van der Waals surface area contributed by atoms with Crippen molar-refractivity contribution in [2.24, 2.45) is 0 Å². The zero-order valence-corrected chi connectivity index (χ0v) is 16.2. The predicted molar refractivity (Wildman–Crippen MR) is 106 cm³/mol. The molecule has 4 rings (SSSR count). The predicted octanol–water partition coefficient (Wildman–Crippen LogP) is 1.98. The van der Waals surface area contributed by atoms with Gasteiger partial charge in [-0.25, -0.2) is 4.39 Å². The minimum atomic E-state index is -0.454. The molecule has 152 valence electrons. The third-order valence-electron chi connectivity index (χ3n) is 5.84. The van der Waals surface area contributed by atoms with E-state index < -0.39 is 5.54 Å². The van der Waals surface area contributed by atoms with Gasteiger partial charge in [0.25, 0.3) is 0 Å². The van der Waals surface area contributed by atoms with Crippen LogP contribution in [0.1, 0.15) is 36.4 Å². The molecular formula is C22H25FN4O2. The molecule has 0 bridgehead atoms. The van der Waals surface area contributed by atoms with Crippen molar-refractivity contribution in [2.75, 3.05) is 19.6 Å². The maximum absolute atomic E-state index is 13.9. The SMILES string of the molecule is O=C(CN1C[C@@H](c2cccc(F)c2)[C@@]2(CCCC(=O)N2)C1)NCc1ccccn1. The largest absolute Gasteiger partial charge is 0.349 e. The summed E-state index contributed by atoms with van der Waals surface area (Å²) in [6, 6.07) is 12.1. The van der Waals surface area contributed by atoms with E-state index in [1.165, 1.54) is 12.1 Å². The van der Waals surface area contributed by atoms with E-state index in [1.54, 1.807) is 12.3 Å². The second kappa shape index (κ2) is 8.29. The number of rotatable bonds is 5. The van der Waals surface area contributed by atoms with Crippen molar-refractivity contribution < 1.29 is 14.0 Å². The number of pyridine rings is 1. The second-order valence-corrected chi connectivity index (χ2v) is 7.93. The molecule has 6 nitrogen and oxygen atoms in total. The van der Waals surface area contributed by atoms with Gasteiger partial charge in [-0.15, -0.1) is 0 Å². The first kappa shape index (κ1) is 19.5. The van der Waals surface area contributed by atoms with Crippen LogP contribution in [0.3, 0.4) is 0 Å². The lowest BCUT2D eigenvalue weighted by molar-refractivity contribution is -0.125. The van der Waals surface area contributed by atoms with Gasteiger partial charge in [0, 0.05) is 31.6 Å². The topological polar surface area (TPSA) is 74.3 Å². The molecule has 2 atom stereocenters. The van der Waals surface area contributed by atoms with Gasteiger partial charge in [0.1, 0.15) is 5.82 Å². The molecule has 2 aliphatic rings. The van der Waals surface area contributed by atoms with Crippen LogP contribution in [0.25, 0.3) is 0 Å². The number of amides is 2. The normalized spacial score (nSPS) is 24.4. The summed E-state index contributed by atoms with van der Waals surface area (Å²) < 4.78 is 13.9. The summed E-state index contributed by atoms with van der Waals surface area (Å²) in [4.78, 5) is 30.9. The zero-order chi connectivity index (χ0) is 20.3. The number of halogens is 1. The molecule has 1 spiro atoms. The van der Waals surface area contributed by atoms with E-state index in [2.05, 4.69) is 20.5 Å². The fraction of sp³-hybridized carbons (Fsp3) is 0.409. The number of piperidine rings is 1. The number of nitrogens with zero attached hydrogens (tertiary/aromatic N) is 2. The molecule has 0 radical (unpaired) electrons. The maximum atomic E-state index is 13.9. The molecule has 2 N–H and O–H groups in total. The van der Waals surface area contributed by atoms with E-state index in [9.17, 15) is 14.0 Å². The summed E-state index contributed by atoms with van der Waals surface area (Å²) in [5.41, 5.74) is 1.21. The smallest absolute Gasteiger partial charge is 0.234 e. The standard InChI is InChI=1S/C22H25FN4O2/c23-17-6-3-5-16(11-17)19-13-27(15-22(19)9-4-8-20(28)26-22)14-21(29)25-12-18-7-1-2-10-24-18/h1-3,5-7,10-11,19H,4,8-9,12-15H2,(H,25,29)(H,26,28)/t19-,22+/m0/s1. The van der Waals surface area contributed by atoms with E-state index >= 15 is 0 Å². The van der Waals surface area contributed by atoms with Crippen LogP contribution in [-0.4, -0.2) is 46.9 Å². The fourth-order valence-corrected chi connectivity index (χ4v) is 4.57. The van der Waals surface area contributed by atoms with Crippen molar-refractivity contribution in [3.8, 4) is 0 Å². The van der Waals surface area contributed by atoms with Crippen LogP contribution < -0.4 is 10.6 Å². The molecule has 29 heavy (non-hydrogen) atoms. The van der Waals surface area contributed by atoms with Crippen molar-refractivity contribution in [1.29, 1.82) is 0 Å². The first-order valence-corrected chi connectivity index (χ1v) is 9.99. The van der Waals surface area contributed by atoms with Gasteiger partial charge in [-0.05, 0) is 42.7 Å². The second-order valence-electron chi connectivity index (χ2n) is 7.93. The number of benzene rings is 1. The fourth-order valence-electron chi connectivity index (χ4n) is 4.57. The van der Waals surface area contributed by atoms with Crippen LogP contribution in [0.5, 0.6) is 0 Å². The van der Waals surface area contributed by atoms with Crippen LogP contribution >= 0.6 is 0 Å². The molecule has 7 heteroatoms. The highest BCUT2D eigenvalue weighted by Gasteiger charge is 2.49. The van der Waals surface area contributed by atoms with Crippen molar-refractivity contribution in [2.45, 2.75) is 37.3 Å². The number of hydrogen-bond acceptors (Lipinski definition) is 4. The van der Waals surface area contributed by atoms with Gasteiger partial charge < -0.3 is 10.6 Å². The molecule has 3 heterocycles. The van der Waals surface area contributed by atoms with Gasteiger partial charge in [-0.3, -0.25) is 19.5 Å². The lowest BCUT2D eigenvalue weighted by Crippen LogP contribution is -2.56. The van der Waals surface area contributed by atoms with Crippen LogP contribution in [0.2, 0.25) is 0 Å². The molecule has 0 aliphatic carbocycles. The van der Waals surface area contributed by atoms with E-state index in [-0.39, 0.29) is 30.1 Å². The number of nitrogens with one attached hydrogen (secondary N) is 2. The van der Waals surface area contributed by atoms with Crippen molar-refractivity contribution in [3.63, 3.8) is 0 Å². The molecule has 1 aromatic heterocycles. The highest BCUT2D eigenvalue weighted by molar-refractivity contribution is 5.79. The Balaban J connectivity index is 1.46. The minimum Gasteiger partial charge on any atom is -0.349 e. The molecule has 2 aliphatic heterocycles. The Morgan fingerprint density at radius 2 is 2.21 bits per heavy atom. The number of likely N-dealkylation sites (tertiary alicyclic amines) is 1. The van der Waals surface area contributed by atoms with Crippen molar-refractivity contribution in [1.82, 2.24) is 20.5 Å². The molecule has 2 saturated heterocycles. The quantitative estimate of drug-likeness (QED) is 0.811. The van der Waals surface area contributed by atoms with E-state index in [0.29, 0.717) is 26.1 Å². The lowest BCUT2D eigenvalue weighted by Gasteiger charge is -2.39. The summed E-state index contributed by atoms with van der Waals surface area (Å²) in [6.07, 6.45) is 3.84. The van der Waals surface area contributed by atoms with Gasteiger partial charge in [-0.1, -0.05) is 18.2 Å². The lowest BCUT2D eigenvalue weighted by atomic mass is 9.76. The van der Waals surface area contributed by atoms with E-state index in [1.807, 2.05) is 24.3 Å². The molecule has 2 amide bonds. The molecular weight excluding hydrogens is 371 g/mol. The van der Waals surface area contributed by atoms with Crippen LogP contribution in [-0.2, 0) is 16.1 Å². The Kier molecular flexibility index (Phi) is 5.58. The highest BCUT2D eigenvalue weighted by atomic mass is 19.1. The number of aromatic nitrogens is 1. The Hall–Kier alpha value is -2.80. The molecule has 2 fully saturated rings. The number of hydrogen-bond donors (Lipinski definition) is 2. The van der Waals surface area contributed by atoms with E-state index in [0.717, 1.165) is 24.1 Å². The number of carbonyl (C=O) groups is 2. The minimum absolute atomic E-state index is 0.0270. The number of carbonyl (C=O) groups excluding carboxylic acids is 2. The van der Waals surface area contributed by atoms with Crippen LogP contribution in [0.4, 0.5) is 4.39 Å². The highest BCUT2D eigenvalue weighted by Crippen LogP contribution is 2.41. The van der Waals surface area contributed by atoms with Gasteiger partial charge >= 0.3 is 0 Å². The Bertz CT molecular complexity index is 891. The zero-order valence-electron chi connectivity index (χ0n) is 16.2. The monoisotopic (exact) mass is 396 g/mol. The van der Waals surface area contributed by atoms with Crippen molar-refractivity contribution in [3.05, 3.63) is 65.7 Å².